The Morgan fingerprint density at radius 1 is 1.05 bits per heavy atom. The van der Waals surface area contributed by atoms with Crippen molar-refractivity contribution in [3.05, 3.63) is 65.2 Å². The predicted molar refractivity (Wildman–Crippen MR) is 85.5 cm³/mol. The molecule has 0 radical (unpaired) electrons. The van der Waals surface area contributed by atoms with Crippen LogP contribution < -0.4 is 0 Å². The fraction of sp³-hybridized carbons (Fsp3) is 0.294. The van der Waals surface area contributed by atoms with E-state index in [4.69, 9.17) is 11.6 Å². The summed E-state index contributed by atoms with van der Waals surface area (Å²) < 4.78 is 0. The molecular formula is C17H17ClOS. The van der Waals surface area contributed by atoms with Gasteiger partial charge in [-0.15, -0.1) is 11.8 Å². The number of hydrogen-bond donors (Lipinski definition) is 1. The van der Waals surface area contributed by atoms with Crippen LogP contribution in [0, 0.1) is 0 Å². The van der Waals surface area contributed by atoms with Gasteiger partial charge in [0.15, 0.2) is 0 Å². The molecule has 2 aromatic carbocycles. The van der Waals surface area contributed by atoms with Crippen molar-refractivity contribution in [1.29, 1.82) is 0 Å². The molecule has 0 spiro atoms. The van der Waals surface area contributed by atoms with Crippen LogP contribution >= 0.6 is 23.4 Å². The molecule has 3 rings (SSSR count). The highest BCUT2D eigenvalue weighted by molar-refractivity contribution is 7.99. The average Bonchev–Trinajstić information content (AvgIpc) is 3.29. The lowest BCUT2D eigenvalue weighted by molar-refractivity contribution is 0.155. The van der Waals surface area contributed by atoms with Crippen LogP contribution in [0.15, 0.2) is 59.5 Å². The lowest BCUT2D eigenvalue weighted by atomic mass is 9.91. The molecule has 1 aliphatic rings. The van der Waals surface area contributed by atoms with Crippen LogP contribution in [0.2, 0.25) is 5.02 Å². The Bertz CT molecular complexity index is 581. The van der Waals surface area contributed by atoms with Gasteiger partial charge in [0.2, 0.25) is 0 Å². The van der Waals surface area contributed by atoms with Crippen molar-refractivity contribution in [1.82, 2.24) is 0 Å². The second kappa shape index (κ2) is 5.80. The van der Waals surface area contributed by atoms with Gasteiger partial charge in [0.1, 0.15) is 0 Å². The molecule has 0 aromatic heterocycles. The summed E-state index contributed by atoms with van der Waals surface area (Å²) in [6.45, 7) is 0. The fourth-order valence-electron chi connectivity index (χ4n) is 2.61. The summed E-state index contributed by atoms with van der Waals surface area (Å²) in [7, 11) is 0. The Labute approximate surface area is 129 Å². The maximum atomic E-state index is 10.6. The molecular weight excluding hydrogens is 288 g/mol. The zero-order valence-electron chi connectivity index (χ0n) is 11.1. The quantitative estimate of drug-likeness (QED) is 0.819. The van der Waals surface area contributed by atoms with Gasteiger partial charge in [0, 0.05) is 16.1 Å². The van der Waals surface area contributed by atoms with Gasteiger partial charge in [-0.25, -0.2) is 0 Å². The van der Waals surface area contributed by atoms with E-state index in [2.05, 4.69) is 12.1 Å². The smallest absolute Gasteiger partial charge is 0.0730 e. The molecule has 1 atom stereocenters. The summed E-state index contributed by atoms with van der Waals surface area (Å²) in [5.41, 5.74) is 1.22. The number of aliphatic hydroxyl groups excluding tert-OH is 1. The van der Waals surface area contributed by atoms with Crippen molar-refractivity contribution in [3.8, 4) is 0 Å². The van der Waals surface area contributed by atoms with Crippen molar-refractivity contribution >= 4 is 23.4 Å². The van der Waals surface area contributed by atoms with E-state index in [0.717, 1.165) is 22.8 Å². The third-order valence-electron chi connectivity index (χ3n) is 4.01. The predicted octanol–water partition coefficient (Wildman–Crippen LogP) is 4.52. The minimum atomic E-state index is -0.328. The number of thioether (sulfide) groups is 1. The molecule has 0 heterocycles. The molecule has 1 fully saturated rings. The highest BCUT2D eigenvalue weighted by Gasteiger charge is 2.49. The molecule has 0 amide bonds. The normalized spacial score (nSPS) is 17.7. The Hall–Kier alpha value is -0.960. The number of halogens is 1. The van der Waals surface area contributed by atoms with E-state index >= 15 is 0 Å². The van der Waals surface area contributed by atoms with Crippen LogP contribution in [-0.4, -0.2) is 17.0 Å². The second-order valence-electron chi connectivity index (χ2n) is 5.28. The maximum absolute atomic E-state index is 10.6. The molecule has 1 N–H and O–H groups in total. The number of aliphatic hydroxyl groups is 1. The van der Waals surface area contributed by atoms with Crippen molar-refractivity contribution in [2.24, 2.45) is 0 Å². The van der Waals surface area contributed by atoms with Crippen molar-refractivity contribution in [2.75, 3.05) is 5.75 Å². The summed E-state index contributed by atoms with van der Waals surface area (Å²) >= 11 is 7.79. The number of benzene rings is 2. The molecule has 2 aromatic rings. The van der Waals surface area contributed by atoms with E-state index in [0.29, 0.717) is 5.75 Å². The van der Waals surface area contributed by atoms with Gasteiger partial charge in [-0.3, -0.25) is 0 Å². The number of hydrogen-bond acceptors (Lipinski definition) is 2. The largest absolute Gasteiger partial charge is 0.391 e. The van der Waals surface area contributed by atoms with Crippen molar-refractivity contribution in [2.45, 2.75) is 29.3 Å². The molecule has 0 saturated heterocycles. The van der Waals surface area contributed by atoms with Gasteiger partial charge >= 0.3 is 0 Å². The summed E-state index contributed by atoms with van der Waals surface area (Å²) in [5.74, 6) is 0.679. The first-order valence-electron chi connectivity index (χ1n) is 6.83. The zero-order chi connectivity index (χ0) is 14.0. The standard InChI is InChI=1S/C17H17ClOS/c18-14-8-4-5-9-15(14)20-12-16(19)17(10-11-17)13-6-2-1-3-7-13/h1-9,16,19H,10-12H2. The zero-order valence-corrected chi connectivity index (χ0v) is 12.7. The van der Waals surface area contributed by atoms with E-state index in [1.165, 1.54) is 5.56 Å². The Morgan fingerprint density at radius 3 is 2.35 bits per heavy atom. The van der Waals surface area contributed by atoms with E-state index in [-0.39, 0.29) is 11.5 Å². The van der Waals surface area contributed by atoms with Crippen LogP contribution in [0.25, 0.3) is 0 Å². The molecule has 0 bridgehead atoms. The highest BCUT2D eigenvalue weighted by Crippen LogP contribution is 2.51. The SMILES string of the molecule is OC(CSc1ccccc1Cl)C1(c2ccccc2)CC1. The highest BCUT2D eigenvalue weighted by atomic mass is 35.5. The molecule has 1 unspecified atom stereocenters. The van der Waals surface area contributed by atoms with Gasteiger partial charge in [0.05, 0.1) is 11.1 Å². The molecule has 0 aliphatic heterocycles. The Morgan fingerprint density at radius 2 is 1.70 bits per heavy atom. The molecule has 104 valence electrons. The van der Waals surface area contributed by atoms with E-state index < -0.39 is 0 Å². The summed E-state index contributed by atoms with van der Waals surface area (Å²) in [6.07, 6.45) is 1.81. The van der Waals surface area contributed by atoms with E-state index in [1.807, 2.05) is 42.5 Å². The minimum Gasteiger partial charge on any atom is -0.391 e. The molecule has 1 saturated carbocycles. The third kappa shape index (κ3) is 2.73. The van der Waals surface area contributed by atoms with Crippen molar-refractivity contribution in [3.63, 3.8) is 0 Å². The fourth-order valence-corrected chi connectivity index (χ4v) is 3.95. The summed E-state index contributed by atoms with van der Waals surface area (Å²) in [5, 5.41) is 11.3. The van der Waals surface area contributed by atoms with Crippen LogP contribution in [0.5, 0.6) is 0 Å². The van der Waals surface area contributed by atoms with Gasteiger partial charge in [-0.05, 0) is 30.5 Å². The van der Waals surface area contributed by atoms with Crippen LogP contribution in [0.1, 0.15) is 18.4 Å². The number of rotatable bonds is 5. The third-order valence-corrected chi connectivity index (χ3v) is 5.60. The Balaban J connectivity index is 1.68. The minimum absolute atomic E-state index is 0.0322. The monoisotopic (exact) mass is 304 g/mol. The molecule has 1 nitrogen and oxygen atoms in total. The first kappa shape index (κ1) is 14.0. The van der Waals surface area contributed by atoms with E-state index in [1.54, 1.807) is 11.8 Å². The molecule has 1 aliphatic carbocycles. The maximum Gasteiger partial charge on any atom is 0.0730 e. The van der Waals surface area contributed by atoms with Crippen molar-refractivity contribution < 1.29 is 5.11 Å². The van der Waals surface area contributed by atoms with E-state index in [9.17, 15) is 5.11 Å². The molecule has 3 heteroatoms. The van der Waals surface area contributed by atoms with Gasteiger partial charge in [0.25, 0.3) is 0 Å². The first-order valence-corrected chi connectivity index (χ1v) is 8.20. The average molecular weight is 305 g/mol. The lowest BCUT2D eigenvalue weighted by Crippen LogP contribution is -2.28. The van der Waals surface area contributed by atoms with Gasteiger partial charge in [-0.2, -0.15) is 0 Å². The van der Waals surface area contributed by atoms with Gasteiger partial charge < -0.3 is 5.11 Å². The summed E-state index contributed by atoms with van der Waals surface area (Å²) in [4.78, 5) is 1.04. The topological polar surface area (TPSA) is 20.2 Å². The van der Waals surface area contributed by atoms with Crippen LogP contribution in [-0.2, 0) is 5.41 Å². The molecule has 20 heavy (non-hydrogen) atoms. The van der Waals surface area contributed by atoms with Gasteiger partial charge in [-0.1, -0.05) is 54.1 Å². The Kier molecular flexibility index (Phi) is 4.06. The van der Waals surface area contributed by atoms with Crippen LogP contribution in [0.3, 0.4) is 0 Å². The van der Waals surface area contributed by atoms with Crippen LogP contribution in [0.4, 0.5) is 0 Å². The lowest BCUT2D eigenvalue weighted by Gasteiger charge is -2.22. The second-order valence-corrected chi connectivity index (χ2v) is 6.75. The summed E-state index contributed by atoms with van der Waals surface area (Å²) in [6, 6.07) is 18.1. The first-order chi connectivity index (χ1) is 9.72.